The third-order valence-electron chi connectivity index (χ3n) is 4.82. The molecule has 2 amide bonds. The molecule has 0 saturated carbocycles. The first-order valence-electron chi connectivity index (χ1n) is 9.17. The Labute approximate surface area is 163 Å². The number of allylic oxidation sites excluding steroid dienone is 1. The topological polar surface area (TPSA) is 58.6 Å². The highest BCUT2D eigenvalue weighted by Gasteiger charge is 2.33. The first kappa shape index (κ1) is 19.6. The monoisotopic (exact) mass is 382 g/mol. The van der Waals surface area contributed by atoms with Crippen molar-refractivity contribution >= 4 is 23.1 Å². The second kappa shape index (κ2) is 8.69. The van der Waals surface area contributed by atoms with Crippen molar-refractivity contribution < 1.29 is 18.7 Å². The van der Waals surface area contributed by atoms with Gasteiger partial charge >= 0.3 is 0 Å². The molecule has 1 saturated heterocycles. The number of carbonyl (C=O) groups is 2. The summed E-state index contributed by atoms with van der Waals surface area (Å²) < 4.78 is 18.5. The molecule has 1 aliphatic rings. The van der Waals surface area contributed by atoms with Crippen molar-refractivity contribution in [2.45, 2.75) is 25.8 Å². The zero-order valence-electron chi connectivity index (χ0n) is 15.9. The van der Waals surface area contributed by atoms with E-state index in [1.807, 2.05) is 0 Å². The van der Waals surface area contributed by atoms with Gasteiger partial charge in [-0.25, -0.2) is 4.39 Å². The predicted molar refractivity (Wildman–Crippen MR) is 106 cm³/mol. The number of hydrogen-bond donors (Lipinski definition) is 1. The first-order chi connectivity index (χ1) is 13.5. The molecule has 5 nitrogen and oxygen atoms in total. The highest BCUT2D eigenvalue weighted by molar-refractivity contribution is 6.01. The summed E-state index contributed by atoms with van der Waals surface area (Å²) in [6.07, 6.45) is 2.84. The fourth-order valence-electron chi connectivity index (χ4n) is 3.29. The predicted octanol–water partition coefficient (Wildman–Crippen LogP) is 3.87. The van der Waals surface area contributed by atoms with Crippen LogP contribution in [-0.2, 0) is 9.59 Å². The number of anilines is 1. The minimum Gasteiger partial charge on any atom is -0.497 e. The minimum atomic E-state index is -0.522. The number of carbonyl (C=O) groups excluding carboxylic acids is 2. The van der Waals surface area contributed by atoms with E-state index < -0.39 is 6.04 Å². The maximum absolute atomic E-state index is 13.4. The number of nitrogens with one attached hydrogen (secondary N) is 1. The number of rotatable bonds is 5. The smallest absolute Gasteiger partial charge is 0.247 e. The third kappa shape index (κ3) is 4.57. The van der Waals surface area contributed by atoms with E-state index >= 15 is 0 Å². The number of methoxy groups -OCH3 is 1. The molecule has 1 atom stereocenters. The molecular formula is C22H23FN2O3. The molecular weight excluding hydrogens is 359 g/mol. The van der Waals surface area contributed by atoms with Gasteiger partial charge in [0, 0.05) is 18.3 Å². The molecule has 6 heteroatoms. The molecule has 2 aromatic carbocycles. The minimum absolute atomic E-state index is 0.215. The van der Waals surface area contributed by atoms with Crippen LogP contribution in [0.15, 0.2) is 54.6 Å². The van der Waals surface area contributed by atoms with E-state index in [1.54, 1.807) is 55.3 Å². The van der Waals surface area contributed by atoms with E-state index in [9.17, 15) is 14.0 Å². The van der Waals surface area contributed by atoms with Crippen LogP contribution in [0.25, 0.3) is 5.57 Å². The van der Waals surface area contributed by atoms with Gasteiger partial charge < -0.3 is 15.0 Å². The fourth-order valence-corrected chi connectivity index (χ4v) is 3.29. The zero-order chi connectivity index (χ0) is 20.1. The van der Waals surface area contributed by atoms with Crippen LogP contribution in [0.3, 0.4) is 0 Å². The normalized spacial score (nSPS) is 16.8. The Kier molecular flexibility index (Phi) is 6.09. The van der Waals surface area contributed by atoms with Crippen molar-refractivity contribution in [3.05, 3.63) is 66.0 Å². The van der Waals surface area contributed by atoms with Gasteiger partial charge in [0.25, 0.3) is 0 Å². The van der Waals surface area contributed by atoms with Crippen LogP contribution in [0.1, 0.15) is 25.3 Å². The standard InChI is InChI=1S/C22H23FN2O3/c1-15(16-5-3-6-17(23)14-16)13-21(26)25-12-4-7-20(25)22(27)24-18-8-10-19(28-2)11-9-18/h3,5-6,8-11,13-14,20H,4,7,12H2,1-2H3,(H,24,27)/b15-13-. The average Bonchev–Trinajstić information content (AvgIpc) is 3.19. The summed E-state index contributed by atoms with van der Waals surface area (Å²) >= 11 is 0. The van der Waals surface area contributed by atoms with Crippen molar-refractivity contribution in [2.75, 3.05) is 19.0 Å². The van der Waals surface area contributed by atoms with Crippen molar-refractivity contribution in [3.63, 3.8) is 0 Å². The van der Waals surface area contributed by atoms with Gasteiger partial charge in [-0.1, -0.05) is 12.1 Å². The molecule has 0 spiro atoms. The van der Waals surface area contributed by atoms with Crippen LogP contribution in [0, 0.1) is 5.82 Å². The molecule has 1 aliphatic heterocycles. The van der Waals surface area contributed by atoms with E-state index in [0.29, 0.717) is 35.5 Å². The van der Waals surface area contributed by atoms with Gasteiger partial charge in [0.2, 0.25) is 11.8 Å². The molecule has 1 fully saturated rings. The lowest BCUT2D eigenvalue weighted by molar-refractivity contribution is -0.132. The summed E-state index contributed by atoms with van der Waals surface area (Å²) in [5.41, 5.74) is 1.95. The Hall–Kier alpha value is -3.15. The summed E-state index contributed by atoms with van der Waals surface area (Å²) in [6, 6.07) is 12.6. The molecule has 0 bridgehead atoms. The van der Waals surface area contributed by atoms with E-state index in [1.165, 1.54) is 18.2 Å². The second-order valence-electron chi connectivity index (χ2n) is 6.75. The lowest BCUT2D eigenvalue weighted by Crippen LogP contribution is -2.42. The van der Waals surface area contributed by atoms with Crippen LogP contribution in [-0.4, -0.2) is 36.4 Å². The molecule has 1 unspecified atom stereocenters. The van der Waals surface area contributed by atoms with Gasteiger partial charge in [0.05, 0.1) is 7.11 Å². The average molecular weight is 382 g/mol. The molecule has 146 valence electrons. The summed E-state index contributed by atoms with van der Waals surface area (Å²) in [4.78, 5) is 27.0. The van der Waals surface area contributed by atoms with Crippen LogP contribution >= 0.6 is 0 Å². The van der Waals surface area contributed by atoms with Gasteiger partial charge in [0.1, 0.15) is 17.6 Å². The van der Waals surface area contributed by atoms with Gasteiger partial charge in [-0.2, -0.15) is 0 Å². The quantitative estimate of drug-likeness (QED) is 0.799. The van der Waals surface area contributed by atoms with E-state index in [2.05, 4.69) is 5.32 Å². The van der Waals surface area contributed by atoms with Gasteiger partial charge in [-0.15, -0.1) is 0 Å². The molecule has 1 heterocycles. The zero-order valence-corrected chi connectivity index (χ0v) is 15.9. The number of nitrogens with zero attached hydrogens (tertiary/aromatic N) is 1. The lowest BCUT2D eigenvalue weighted by Gasteiger charge is -2.23. The number of likely N-dealkylation sites (tertiary alicyclic amines) is 1. The maximum atomic E-state index is 13.4. The first-order valence-corrected chi connectivity index (χ1v) is 9.17. The highest BCUT2D eigenvalue weighted by atomic mass is 19.1. The summed E-state index contributed by atoms with van der Waals surface area (Å²) in [5, 5.41) is 2.85. The van der Waals surface area contributed by atoms with Crippen molar-refractivity contribution in [3.8, 4) is 5.75 Å². The van der Waals surface area contributed by atoms with Crippen molar-refractivity contribution in [1.29, 1.82) is 0 Å². The van der Waals surface area contributed by atoms with Gasteiger partial charge in [-0.3, -0.25) is 9.59 Å². The second-order valence-corrected chi connectivity index (χ2v) is 6.75. The third-order valence-corrected chi connectivity index (χ3v) is 4.82. The number of ether oxygens (including phenoxy) is 1. The Balaban J connectivity index is 1.69. The Morgan fingerprint density at radius 1 is 1.21 bits per heavy atom. The lowest BCUT2D eigenvalue weighted by atomic mass is 10.1. The molecule has 2 aromatic rings. The van der Waals surface area contributed by atoms with Gasteiger partial charge in [0.15, 0.2) is 0 Å². The van der Waals surface area contributed by atoms with Gasteiger partial charge in [-0.05, 0) is 67.3 Å². The number of hydrogen-bond acceptors (Lipinski definition) is 3. The van der Waals surface area contributed by atoms with E-state index in [-0.39, 0.29) is 17.6 Å². The Bertz CT molecular complexity index is 893. The molecule has 0 aliphatic carbocycles. The van der Waals surface area contributed by atoms with Crippen LogP contribution in [0.5, 0.6) is 5.75 Å². The SMILES string of the molecule is COc1ccc(NC(=O)C2CCCN2C(=O)/C=C(/C)c2cccc(F)c2)cc1. The van der Waals surface area contributed by atoms with E-state index in [0.717, 1.165) is 6.42 Å². The largest absolute Gasteiger partial charge is 0.497 e. The van der Waals surface area contributed by atoms with E-state index in [4.69, 9.17) is 4.74 Å². The Morgan fingerprint density at radius 2 is 1.96 bits per heavy atom. The maximum Gasteiger partial charge on any atom is 0.247 e. The van der Waals surface area contributed by atoms with Crippen LogP contribution in [0.4, 0.5) is 10.1 Å². The number of benzene rings is 2. The molecule has 0 aromatic heterocycles. The summed E-state index contributed by atoms with van der Waals surface area (Å²) in [7, 11) is 1.58. The fraction of sp³-hybridized carbons (Fsp3) is 0.273. The van der Waals surface area contributed by atoms with Crippen LogP contribution in [0.2, 0.25) is 0 Å². The molecule has 3 rings (SSSR count). The number of amides is 2. The summed E-state index contributed by atoms with van der Waals surface area (Å²) in [6.45, 7) is 2.28. The number of halogens is 1. The Morgan fingerprint density at radius 3 is 2.64 bits per heavy atom. The van der Waals surface area contributed by atoms with Crippen molar-refractivity contribution in [2.24, 2.45) is 0 Å². The van der Waals surface area contributed by atoms with Crippen LogP contribution < -0.4 is 10.1 Å². The molecule has 1 N–H and O–H groups in total. The molecule has 28 heavy (non-hydrogen) atoms. The van der Waals surface area contributed by atoms with Crippen molar-refractivity contribution in [1.82, 2.24) is 4.90 Å². The highest BCUT2D eigenvalue weighted by Crippen LogP contribution is 2.22. The molecule has 0 radical (unpaired) electrons. The summed E-state index contributed by atoms with van der Waals surface area (Å²) in [5.74, 6) is -0.105.